The lowest BCUT2D eigenvalue weighted by molar-refractivity contribution is -0.133. The maximum absolute atomic E-state index is 12.5. The normalized spacial score (nSPS) is 24.6. The van der Waals surface area contributed by atoms with Crippen LogP contribution in [0.2, 0.25) is 0 Å². The molecule has 2 aromatic rings. The van der Waals surface area contributed by atoms with Gasteiger partial charge in [-0.05, 0) is 22.8 Å². The molecule has 7 nitrogen and oxygen atoms in total. The van der Waals surface area contributed by atoms with Crippen molar-refractivity contribution in [1.82, 2.24) is 21.1 Å². The number of piperidine rings is 1. The van der Waals surface area contributed by atoms with Crippen LogP contribution in [0.25, 0.3) is 10.8 Å². The fourth-order valence-corrected chi connectivity index (χ4v) is 4.31. The third-order valence-electron chi connectivity index (χ3n) is 5.66. The van der Waals surface area contributed by atoms with E-state index in [4.69, 9.17) is 5.73 Å². The highest BCUT2D eigenvalue weighted by Crippen LogP contribution is 2.36. The number of primary amides is 1. The predicted octanol–water partition coefficient (Wildman–Crippen LogP) is 1.26. The zero-order chi connectivity index (χ0) is 18.8. The smallest absolute Gasteiger partial charge is 0.312 e. The summed E-state index contributed by atoms with van der Waals surface area (Å²) in [6.45, 7) is 1.71. The Hall–Kier alpha value is -2.64. The van der Waals surface area contributed by atoms with Crippen LogP contribution in [0.1, 0.15) is 24.4 Å². The summed E-state index contributed by atoms with van der Waals surface area (Å²) < 4.78 is 0. The molecule has 3 unspecified atom stereocenters. The van der Waals surface area contributed by atoms with Gasteiger partial charge in [0, 0.05) is 38.0 Å². The summed E-state index contributed by atoms with van der Waals surface area (Å²) in [6, 6.07) is 14.7. The molecule has 0 aliphatic carbocycles. The van der Waals surface area contributed by atoms with E-state index < -0.39 is 6.03 Å². The van der Waals surface area contributed by atoms with E-state index in [1.807, 2.05) is 4.90 Å². The molecule has 2 aromatic carbocycles. The maximum Gasteiger partial charge on any atom is 0.312 e. The van der Waals surface area contributed by atoms with Gasteiger partial charge in [0.05, 0.1) is 6.04 Å². The van der Waals surface area contributed by atoms with Gasteiger partial charge in [-0.3, -0.25) is 10.2 Å². The summed E-state index contributed by atoms with van der Waals surface area (Å²) in [4.78, 5) is 25.2. The zero-order valence-corrected chi connectivity index (χ0v) is 15.2. The van der Waals surface area contributed by atoms with E-state index in [2.05, 4.69) is 58.6 Å². The molecule has 7 heteroatoms. The number of fused-ring (bicyclic) bond motifs is 2. The third-order valence-corrected chi connectivity index (χ3v) is 5.66. The number of nitrogens with one attached hydrogen (secondary N) is 3. The van der Waals surface area contributed by atoms with E-state index in [1.54, 1.807) is 0 Å². The second-order valence-corrected chi connectivity index (χ2v) is 7.27. The van der Waals surface area contributed by atoms with E-state index in [0.29, 0.717) is 18.5 Å². The van der Waals surface area contributed by atoms with Gasteiger partial charge in [0.1, 0.15) is 0 Å². The number of carbonyl (C=O) groups is 2. The fraction of sp³-hybridized carbons (Fsp3) is 0.400. The van der Waals surface area contributed by atoms with Gasteiger partial charge >= 0.3 is 6.03 Å². The monoisotopic (exact) mass is 367 g/mol. The zero-order valence-electron chi connectivity index (χ0n) is 15.2. The van der Waals surface area contributed by atoms with Gasteiger partial charge < -0.3 is 16.0 Å². The summed E-state index contributed by atoms with van der Waals surface area (Å²) in [7, 11) is 0. The molecule has 3 atom stereocenters. The SMILES string of the molecule is NC(=O)NCCC(=O)N1CCC2NNC(c3cccc4ccccc34)C2C1. The van der Waals surface area contributed by atoms with E-state index in [0.717, 1.165) is 13.0 Å². The van der Waals surface area contributed by atoms with Crippen molar-refractivity contribution >= 4 is 22.7 Å². The van der Waals surface area contributed by atoms with Crippen molar-refractivity contribution in [2.24, 2.45) is 11.7 Å². The Balaban J connectivity index is 1.50. The Morgan fingerprint density at radius 2 is 1.96 bits per heavy atom. The molecular formula is C20H25N5O2. The number of nitrogens with zero attached hydrogens (tertiary/aromatic N) is 1. The molecule has 142 valence electrons. The summed E-state index contributed by atoms with van der Waals surface area (Å²) in [5, 5.41) is 4.95. The number of rotatable bonds is 4. The molecule has 2 fully saturated rings. The minimum absolute atomic E-state index is 0.0609. The first-order valence-electron chi connectivity index (χ1n) is 9.43. The van der Waals surface area contributed by atoms with Crippen LogP contribution in [0, 0.1) is 5.92 Å². The van der Waals surface area contributed by atoms with Crippen molar-refractivity contribution in [3.63, 3.8) is 0 Å². The number of carbonyl (C=O) groups excluding carboxylic acids is 2. The number of nitrogens with two attached hydrogens (primary N) is 1. The molecule has 0 spiro atoms. The number of hydrazine groups is 1. The minimum Gasteiger partial charge on any atom is -0.352 e. The molecule has 5 N–H and O–H groups in total. The Kier molecular flexibility index (Phi) is 4.96. The van der Waals surface area contributed by atoms with Gasteiger partial charge in [0.2, 0.25) is 5.91 Å². The standard InChI is InChI=1S/C20H25N5O2/c21-20(27)22-10-8-18(26)25-11-9-17-16(12-25)19(24-23-17)15-7-3-5-13-4-1-2-6-14(13)15/h1-7,16-17,19,23-24H,8-12H2,(H3,21,22,27). The summed E-state index contributed by atoms with van der Waals surface area (Å²) in [5.41, 5.74) is 13.2. The highest BCUT2D eigenvalue weighted by molar-refractivity contribution is 5.86. The van der Waals surface area contributed by atoms with E-state index >= 15 is 0 Å². The van der Waals surface area contributed by atoms with Gasteiger partial charge in [-0.15, -0.1) is 0 Å². The molecule has 4 rings (SSSR count). The average molecular weight is 367 g/mol. The van der Waals surface area contributed by atoms with Crippen LogP contribution in [0.3, 0.4) is 0 Å². The first kappa shape index (κ1) is 17.8. The van der Waals surface area contributed by atoms with E-state index in [1.165, 1.54) is 16.3 Å². The number of urea groups is 1. The third kappa shape index (κ3) is 3.61. The number of hydrogen-bond donors (Lipinski definition) is 4. The van der Waals surface area contributed by atoms with Crippen LogP contribution in [-0.2, 0) is 4.79 Å². The molecule has 2 aliphatic rings. The van der Waals surface area contributed by atoms with Crippen molar-refractivity contribution in [2.75, 3.05) is 19.6 Å². The molecule has 0 aromatic heterocycles. The van der Waals surface area contributed by atoms with Gasteiger partial charge in [0.25, 0.3) is 0 Å². The average Bonchev–Trinajstić information content (AvgIpc) is 3.10. The summed E-state index contributed by atoms with van der Waals surface area (Å²) in [6.07, 6.45) is 1.19. The molecule has 2 saturated heterocycles. The van der Waals surface area contributed by atoms with Crippen molar-refractivity contribution in [1.29, 1.82) is 0 Å². The van der Waals surface area contributed by atoms with E-state index in [-0.39, 0.29) is 24.9 Å². The lowest BCUT2D eigenvalue weighted by Crippen LogP contribution is -2.48. The number of hydrogen-bond acceptors (Lipinski definition) is 4. The number of amides is 3. The van der Waals surface area contributed by atoms with Crippen LogP contribution < -0.4 is 21.9 Å². The van der Waals surface area contributed by atoms with Gasteiger partial charge in [-0.2, -0.15) is 0 Å². The Labute approximate surface area is 158 Å². The number of benzene rings is 2. The summed E-state index contributed by atoms with van der Waals surface area (Å²) in [5.74, 6) is 0.364. The first-order valence-corrected chi connectivity index (χ1v) is 9.43. The topological polar surface area (TPSA) is 99.5 Å². The largest absolute Gasteiger partial charge is 0.352 e. The fourth-order valence-electron chi connectivity index (χ4n) is 4.31. The highest BCUT2D eigenvalue weighted by atomic mass is 16.2. The molecule has 2 heterocycles. The van der Waals surface area contributed by atoms with Gasteiger partial charge in [-0.1, -0.05) is 42.5 Å². The van der Waals surface area contributed by atoms with Crippen molar-refractivity contribution in [3.05, 3.63) is 48.0 Å². The predicted molar refractivity (Wildman–Crippen MR) is 104 cm³/mol. The Morgan fingerprint density at radius 1 is 1.15 bits per heavy atom. The maximum atomic E-state index is 12.5. The minimum atomic E-state index is -0.596. The molecule has 0 saturated carbocycles. The van der Waals surface area contributed by atoms with Crippen molar-refractivity contribution in [3.8, 4) is 0 Å². The van der Waals surface area contributed by atoms with Crippen LogP contribution in [-0.4, -0.2) is 42.5 Å². The van der Waals surface area contributed by atoms with Crippen molar-refractivity contribution in [2.45, 2.75) is 24.9 Å². The number of likely N-dealkylation sites (tertiary alicyclic amines) is 1. The second kappa shape index (κ2) is 7.54. The molecule has 2 aliphatic heterocycles. The molecular weight excluding hydrogens is 342 g/mol. The van der Waals surface area contributed by atoms with Crippen LogP contribution in [0.15, 0.2) is 42.5 Å². The molecule has 0 radical (unpaired) electrons. The lowest BCUT2D eigenvalue weighted by atomic mass is 9.83. The molecule has 0 bridgehead atoms. The lowest BCUT2D eigenvalue weighted by Gasteiger charge is -2.36. The van der Waals surface area contributed by atoms with Crippen LogP contribution in [0.4, 0.5) is 4.79 Å². The highest BCUT2D eigenvalue weighted by Gasteiger charge is 2.41. The first-order chi connectivity index (χ1) is 13.1. The Bertz CT molecular complexity index is 850. The van der Waals surface area contributed by atoms with Crippen LogP contribution in [0.5, 0.6) is 0 Å². The quantitative estimate of drug-likeness (QED) is 0.654. The second-order valence-electron chi connectivity index (χ2n) is 7.27. The van der Waals surface area contributed by atoms with Crippen LogP contribution >= 0.6 is 0 Å². The summed E-state index contributed by atoms with van der Waals surface area (Å²) >= 11 is 0. The van der Waals surface area contributed by atoms with E-state index in [9.17, 15) is 9.59 Å². The van der Waals surface area contributed by atoms with Gasteiger partial charge in [0.15, 0.2) is 0 Å². The molecule has 27 heavy (non-hydrogen) atoms. The molecule has 3 amide bonds. The Morgan fingerprint density at radius 3 is 2.81 bits per heavy atom. The van der Waals surface area contributed by atoms with Gasteiger partial charge in [-0.25, -0.2) is 10.2 Å². The van der Waals surface area contributed by atoms with Crippen molar-refractivity contribution < 1.29 is 9.59 Å².